The number of amides is 2. The van der Waals surface area contributed by atoms with Gasteiger partial charge in [0.05, 0.1) is 0 Å². The number of nitrogens with zero attached hydrogens (tertiary/aromatic N) is 1. The normalized spacial score (nSPS) is 19.1. The molecule has 2 fully saturated rings. The summed E-state index contributed by atoms with van der Waals surface area (Å²) in [5.74, 6) is 0.551. The van der Waals surface area contributed by atoms with Crippen LogP contribution in [0.1, 0.15) is 31.2 Å². The molecule has 1 N–H and O–H groups in total. The van der Waals surface area contributed by atoms with E-state index in [1.165, 1.54) is 0 Å². The Balaban J connectivity index is 1.55. The summed E-state index contributed by atoms with van der Waals surface area (Å²) < 4.78 is 0. The van der Waals surface area contributed by atoms with E-state index in [4.69, 9.17) is 11.6 Å². The average Bonchev–Trinajstić information content (AvgIpc) is 3.35. The zero-order valence-electron chi connectivity index (χ0n) is 12.8. The predicted molar refractivity (Wildman–Crippen MR) is 86.8 cm³/mol. The fourth-order valence-electron chi connectivity index (χ4n) is 2.91. The Morgan fingerprint density at radius 1 is 1.14 bits per heavy atom. The van der Waals surface area contributed by atoms with Crippen LogP contribution >= 0.6 is 11.6 Å². The van der Waals surface area contributed by atoms with Gasteiger partial charge in [-0.2, -0.15) is 0 Å². The lowest BCUT2D eigenvalue weighted by Crippen LogP contribution is -2.42. The van der Waals surface area contributed by atoms with Crippen LogP contribution in [-0.2, 0) is 9.59 Å². The van der Waals surface area contributed by atoms with E-state index in [2.05, 4.69) is 5.32 Å². The van der Waals surface area contributed by atoms with E-state index in [1.807, 2.05) is 24.0 Å². The SMILES string of the molecule is Cc1ccc(Cl)cc1NC(=O)C1CCN(C(=O)C2CC2)CC1. The fourth-order valence-corrected chi connectivity index (χ4v) is 3.09. The molecular formula is C17H21ClN2O2. The quantitative estimate of drug-likeness (QED) is 0.929. The van der Waals surface area contributed by atoms with Crippen molar-refractivity contribution in [3.8, 4) is 0 Å². The Bertz CT molecular complexity index is 590. The Kier molecular flexibility index (Phi) is 4.39. The second-order valence-corrected chi connectivity index (χ2v) is 6.76. The van der Waals surface area contributed by atoms with Gasteiger partial charge in [0.25, 0.3) is 0 Å². The molecule has 1 saturated carbocycles. The van der Waals surface area contributed by atoms with Crippen LogP contribution in [0.3, 0.4) is 0 Å². The number of piperidine rings is 1. The third-order valence-corrected chi connectivity index (χ3v) is 4.80. The number of likely N-dealkylation sites (tertiary alicyclic amines) is 1. The molecule has 2 amide bonds. The first-order valence-electron chi connectivity index (χ1n) is 7.90. The number of aryl methyl sites for hydroxylation is 1. The molecule has 0 unspecified atom stereocenters. The molecule has 118 valence electrons. The second-order valence-electron chi connectivity index (χ2n) is 6.32. The molecule has 2 aliphatic rings. The maximum Gasteiger partial charge on any atom is 0.227 e. The van der Waals surface area contributed by atoms with Crippen LogP contribution in [0.4, 0.5) is 5.69 Å². The Hall–Kier alpha value is -1.55. The van der Waals surface area contributed by atoms with Crippen molar-refractivity contribution in [2.75, 3.05) is 18.4 Å². The molecule has 0 atom stereocenters. The highest BCUT2D eigenvalue weighted by Gasteiger charge is 2.35. The van der Waals surface area contributed by atoms with Gasteiger partial charge in [0, 0.05) is 35.6 Å². The van der Waals surface area contributed by atoms with Gasteiger partial charge in [-0.15, -0.1) is 0 Å². The first-order valence-corrected chi connectivity index (χ1v) is 8.28. The molecule has 1 heterocycles. The van der Waals surface area contributed by atoms with E-state index in [9.17, 15) is 9.59 Å². The van der Waals surface area contributed by atoms with Gasteiger partial charge >= 0.3 is 0 Å². The number of hydrogen-bond acceptors (Lipinski definition) is 2. The minimum atomic E-state index is -0.0263. The third kappa shape index (κ3) is 3.43. The zero-order valence-corrected chi connectivity index (χ0v) is 13.5. The molecule has 3 rings (SSSR count). The maximum atomic E-state index is 12.4. The van der Waals surface area contributed by atoms with Crippen molar-refractivity contribution < 1.29 is 9.59 Å². The lowest BCUT2D eigenvalue weighted by Gasteiger charge is -2.31. The fraction of sp³-hybridized carbons (Fsp3) is 0.529. The molecule has 0 bridgehead atoms. The smallest absolute Gasteiger partial charge is 0.227 e. The summed E-state index contributed by atoms with van der Waals surface area (Å²) in [5, 5.41) is 3.59. The number of nitrogens with one attached hydrogen (secondary N) is 1. The van der Waals surface area contributed by atoms with E-state index < -0.39 is 0 Å². The molecule has 22 heavy (non-hydrogen) atoms. The van der Waals surface area contributed by atoms with E-state index in [-0.39, 0.29) is 23.7 Å². The van der Waals surface area contributed by atoms with Gasteiger partial charge < -0.3 is 10.2 Å². The summed E-state index contributed by atoms with van der Waals surface area (Å²) in [7, 11) is 0. The summed E-state index contributed by atoms with van der Waals surface area (Å²) in [6, 6.07) is 5.49. The third-order valence-electron chi connectivity index (χ3n) is 4.56. The van der Waals surface area contributed by atoms with Crippen LogP contribution in [0, 0.1) is 18.8 Å². The van der Waals surface area contributed by atoms with Crippen LogP contribution in [0.5, 0.6) is 0 Å². The van der Waals surface area contributed by atoms with Crippen LogP contribution < -0.4 is 5.32 Å². The van der Waals surface area contributed by atoms with E-state index in [0.717, 1.165) is 36.9 Å². The van der Waals surface area contributed by atoms with Gasteiger partial charge in [0.15, 0.2) is 0 Å². The predicted octanol–water partition coefficient (Wildman–Crippen LogP) is 3.24. The van der Waals surface area contributed by atoms with Crippen LogP contribution in [0.25, 0.3) is 0 Å². The Morgan fingerprint density at radius 2 is 1.82 bits per heavy atom. The number of anilines is 1. The Labute approximate surface area is 135 Å². The number of rotatable bonds is 3. The highest BCUT2D eigenvalue weighted by atomic mass is 35.5. The first kappa shape index (κ1) is 15.3. The van der Waals surface area contributed by atoms with Crippen molar-refractivity contribution in [1.29, 1.82) is 0 Å². The van der Waals surface area contributed by atoms with Crippen molar-refractivity contribution in [2.24, 2.45) is 11.8 Å². The van der Waals surface area contributed by atoms with Gasteiger partial charge in [0.2, 0.25) is 11.8 Å². The van der Waals surface area contributed by atoms with E-state index in [0.29, 0.717) is 18.1 Å². The van der Waals surface area contributed by atoms with Crippen LogP contribution in [0.15, 0.2) is 18.2 Å². The molecular weight excluding hydrogens is 300 g/mol. The zero-order chi connectivity index (χ0) is 15.7. The van der Waals surface area contributed by atoms with E-state index in [1.54, 1.807) is 6.07 Å². The van der Waals surface area contributed by atoms with Crippen molar-refractivity contribution in [1.82, 2.24) is 4.90 Å². The minimum absolute atomic E-state index is 0.0263. The van der Waals surface area contributed by atoms with Gasteiger partial charge in [-0.1, -0.05) is 17.7 Å². The molecule has 5 heteroatoms. The van der Waals surface area contributed by atoms with Crippen LogP contribution in [-0.4, -0.2) is 29.8 Å². The summed E-state index contributed by atoms with van der Waals surface area (Å²) in [6.45, 7) is 3.34. The topological polar surface area (TPSA) is 49.4 Å². The number of benzene rings is 1. The van der Waals surface area contributed by atoms with Crippen molar-refractivity contribution in [2.45, 2.75) is 32.6 Å². The number of carbonyl (C=O) groups excluding carboxylic acids is 2. The second kappa shape index (κ2) is 6.29. The average molecular weight is 321 g/mol. The summed E-state index contributed by atoms with van der Waals surface area (Å²) in [6.07, 6.45) is 3.55. The Morgan fingerprint density at radius 3 is 2.45 bits per heavy atom. The summed E-state index contributed by atoms with van der Waals surface area (Å²) >= 11 is 5.98. The minimum Gasteiger partial charge on any atom is -0.342 e. The highest BCUT2D eigenvalue weighted by molar-refractivity contribution is 6.31. The molecule has 4 nitrogen and oxygen atoms in total. The molecule has 0 radical (unpaired) electrons. The van der Waals surface area contributed by atoms with Gasteiger partial charge in [0.1, 0.15) is 0 Å². The molecule has 1 saturated heterocycles. The summed E-state index contributed by atoms with van der Waals surface area (Å²) in [4.78, 5) is 26.3. The lowest BCUT2D eigenvalue weighted by molar-refractivity contribution is -0.135. The highest BCUT2D eigenvalue weighted by Crippen LogP contribution is 2.32. The molecule has 1 aliphatic carbocycles. The van der Waals surface area contributed by atoms with Crippen LogP contribution in [0.2, 0.25) is 5.02 Å². The number of halogens is 1. The molecule has 1 aliphatic heterocycles. The van der Waals surface area contributed by atoms with Gasteiger partial charge in [-0.05, 0) is 50.3 Å². The van der Waals surface area contributed by atoms with Gasteiger partial charge in [-0.3, -0.25) is 9.59 Å². The van der Waals surface area contributed by atoms with Gasteiger partial charge in [-0.25, -0.2) is 0 Å². The summed E-state index contributed by atoms with van der Waals surface area (Å²) in [5.41, 5.74) is 1.77. The molecule has 1 aromatic rings. The van der Waals surface area contributed by atoms with Crippen molar-refractivity contribution in [3.63, 3.8) is 0 Å². The number of carbonyl (C=O) groups is 2. The number of hydrogen-bond donors (Lipinski definition) is 1. The molecule has 0 spiro atoms. The lowest BCUT2D eigenvalue weighted by atomic mass is 9.95. The van der Waals surface area contributed by atoms with Crippen molar-refractivity contribution >= 4 is 29.1 Å². The molecule has 0 aromatic heterocycles. The standard InChI is InChI=1S/C17H21ClN2O2/c1-11-2-5-14(18)10-15(11)19-16(21)12-6-8-20(9-7-12)17(22)13-3-4-13/h2,5,10,12-13H,3-4,6-9H2,1H3,(H,19,21). The van der Waals surface area contributed by atoms with E-state index >= 15 is 0 Å². The monoisotopic (exact) mass is 320 g/mol. The van der Waals surface area contributed by atoms with Crippen molar-refractivity contribution in [3.05, 3.63) is 28.8 Å². The maximum absolute atomic E-state index is 12.4. The largest absolute Gasteiger partial charge is 0.342 e. The molecule has 1 aromatic carbocycles. The first-order chi connectivity index (χ1) is 10.5.